The van der Waals surface area contributed by atoms with Gasteiger partial charge in [0.2, 0.25) is 11.0 Å². The van der Waals surface area contributed by atoms with Gasteiger partial charge in [-0.15, -0.1) is 0 Å². The van der Waals surface area contributed by atoms with E-state index in [1.54, 1.807) is 0 Å². The van der Waals surface area contributed by atoms with Crippen molar-refractivity contribution in [2.24, 2.45) is 0 Å². The smallest absolute Gasteiger partial charge is 0.339 e. The molecule has 8 heteroatoms. The molecule has 2 heterocycles. The number of anilines is 1. The molecule has 1 aromatic heterocycles. The minimum absolute atomic E-state index is 0.107. The van der Waals surface area contributed by atoms with E-state index in [9.17, 15) is 10.1 Å². The topological polar surface area (TPSA) is 72.2 Å². The molecule has 98 valence electrons. The van der Waals surface area contributed by atoms with Crippen molar-refractivity contribution in [2.75, 3.05) is 45.2 Å². The Labute approximate surface area is 110 Å². The van der Waals surface area contributed by atoms with E-state index in [0.717, 1.165) is 30.7 Å². The molecule has 0 spiro atoms. The summed E-state index contributed by atoms with van der Waals surface area (Å²) in [4.78, 5) is 20.1. The zero-order valence-electron chi connectivity index (χ0n) is 10.3. The number of piperazine rings is 1. The molecule has 0 aromatic carbocycles. The maximum absolute atomic E-state index is 11.0. The van der Waals surface area contributed by atoms with Crippen molar-refractivity contribution in [1.82, 2.24) is 9.97 Å². The molecule has 7 nitrogen and oxygen atoms in total. The molecule has 2 rings (SSSR count). The van der Waals surface area contributed by atoms with E-state index in [4.69, 9.17) is 11.6 Å². The van der Waals surface area contributed by atoms with Crippen molar-refractivity contribution in [3.63, 3.8) is 0 Å². The Bertz CT molecular complexity index is 469. The first kappa shape index (κ1) is 13.0. The molecule has 0 radical (unpaired) electrons. The summed E-state index contributed by atoms with van der Waals surface area (Å²) in [7, 11) is 4.28. The van der Waals surface area contributed by atoms with E-state index in [1.807, 2.05) is 4.90 Å². The van der Waals surface area contributed by atoms with Crippen LogP contribution in [0, 0.1) is 10.1 Å². The summed E-state index contributed by atoms with van der Waals surface area (Å²) in [6.45, 7) is 3.28. The molecule has 1 aromatic rings. The van der Waals surface area contributed by atoms with Crippen molar-refractivity contribution in [3.05, 3.63) is 21.6 Å². The Morgan fingerprint density at radius 2 is 2.00 bits per heavy atom. The highest BCUT2D eigenvalue weighted by atomic mass is 35.5. The summed E-state index contributed by atoms with van der Waals surface area (Å²) in [5.74, 6) is 0.319. The molecule has 0 amide bonds. The molecule has 0 saturated carbocycles. The van der Waals surface area contributed by atoms with Crippen LogP contribution in [0.4, 0.5) is 11.5 Å². The number of likely N-dealkylation sites (N-methyl/N-ethyl adjacent to an activating group) is 1. The molecule has 1 aliphatic rings. The lowest BCUT2D eigenvalue weighted by Gasteiger charge is -2.39. The summed E-state index contributed by atoms with van der Waals surface area (Å²) < 4.78 is 0.906. The maximum Gasteiger partial charge on any atom is 0.348 e. The third-order valence-electron chi connectivity index (χ3n) is 3.19. The first-order valence-electron chi connectivity index (χ1n) is 5.62. The quantitative estimate of drug-likeness (QED) is 0.347. The lowest BCUT2D eigenvalue weighted by atomic mass is 10.3. The lowest BCUT2D eigenvalue weighted by Crippen LogP contribution is -2.55. The van der Waals surface area contributed by atoms with Crippen molar-refractivity contribution >= 4 is 23.1 Å². The summed E-state index contributed by atoms with van der Waals surface area (Å²) >= 11 is 5.78. The average Bonchev–Trinajstić information content (AvgIpc) is 2.28. The molecule has 0 atom stereocenters. The van der Waals surface area contributed by atoms with E-state index < -0.39 is 4.92 Å². The number of rotatable bonds is 2. The summed E-state index contributed by atoms with van der Waals surface area (Å²) in [6.07, 6.45) is 1.26. The van der Waals surface area contributed by atoms with Crippen LogP contribution in [0.25, 0.3) is 0 Å². The molecular weight excluding hydrogens is 258 g/mol. The number of nitrogens with zero attached hydrogens (tertiary/aromatic N) is 5. The van der Waals surface area contributed by atoms with E-state index >= 15 is 0 Å². The van der Waals surface area contributed by atoms with Gasteiger partial charge < -0.3 is 9.38 Å². The zero-order valence-corrected chi connectivity index (χ0v) is 11.1. The number of hydrogen-bond acceptors (Lipinski definition) is 5. The first-order valence-corrected chi connectivity index (χ1v) is 6.00. The van der Waals surface area contributed by atoms with Crippen LogP contribution in [0.3, 0.4) is 0 Å². The van der Waals surface area contributed by atoms with Crippen molar-refractivity contribution < 1.29 is 9.41 Å². The van der Waals surface area contributed by atoms with Gasteiger partial charge in [-0.05, 0) is 0 Å². The van der Waals surface area contributed by atoms with E-state index in [0.29, 0.717) is 5.82 Å². The Hall–Kier alpha value is -1.47. The molecule has 1 aliphatic heterocycles. The third-order valence-corrected chi connectivity index (χ3v) is 3.47. The highest BCUT2D eigenvalue weighted by molar-refractivity contribution is 6.31. The Balaban J connectivity index is 2.30. The Morgan fingerprint density at radius 3 is 2.56 bits per heavy atom. The minimum Gasteiger partial charge on any atom is -0.339 e. The Kier molecular flexibility index (Phi) is 3.36. The summed E-state index contributed by atoms with van der Waals surface area (Å²) in [5, 5.41) is 10.9. The second kappa shape index (κ2) is 4.66. The number of nitro groups is 1. The lowest BCUT2D eigenvalue weighted by molar-refractivity contribution is -0.890. The molecular formula is C10H15ClN5O2+. The van der Waals surface area contributed by atoms with Crippen LogP contribution in [0.5, 0.6) is 0 Å². The van der Waals surface area contributed by atoms with Gasteiger partial charge in [0.25, 0.3) is 0 Å². The average molecular weight is 273 g/mol. The third kappa shape index (κ3) is 2.51. The van der Waals surface area contributed by atoms with Gasteiger partial charge in [-0.2, -0.15) is 0 Å². The van der Waals surface area contributed by atoms with Crippen molar-refractivity contribution in [2.45, 2.75) is 0 Å². The maximum atomic E-state index is 11.0. The van der Waals surface area contributed by atoms with E-state index in [2.05, 4.69) is 24.1 Å². The van der Waals surface area contributed by atoms with Crippen LogP contribution in [-0.4, -0.2) is 59.6 Å². The fourth-order valence-corrected chi connectivity index (χ4v) is 2.15. The molecule has 1 saturated heterocycles. The van der Waals surface area contributed by atoms with Gasteiger partial charge in [-0.25, -0.2) is 9.97 Å². The highest BCUT2D eigenvalue weighted by Gasteiger charge is 2.31. The second-order valence-corrected chi connectivity index (χ2v) is 5.32. The normalized spacial score (nSPS) is 18.7. The summed E-state index contributed by atoms with van der Waals surface area (Å²) in [5.41, 5.74) is -0.202. The molecule has 18 heavy (non-hydrogen) atoms. The highest BCUT2D eigenvalue weighted by Crippen LogP contribution is 2.31. The molecule has 0 unspecified atom stereocenters. The molecule has 1 fully saturated rings. The fourth-order valence-electron chi connectivity index (χ4n) is 1.96. The number of hydrogen-bond donors (Lipinski definition) is 0. The van der Waals surface area contributed by atoms with Gasteiger partial charge in [0.1, 0.15) is 6.33 Å². The second-order valence-electron chi connectivity index (χ2n) is 4.96. The van der Waals surface area contributed by atoms with E-state index in [1.165, 1.54) is 6.33 Å². The van der Waals surface area contributed by atoms with Crippen LogP contribution in [0.1, 0.15) is 0 Å². The Morgan fingerprint density at radius 1 is 1.39 bits per heavy atom. The van der Waals surface area contributed by atoms with Crippen molar-refractivity contribution in [3.8, 4) is 0 Å². The van der Waals surface area contributed by atoms with Crippen LogP contribution < -0.4 is 4.90 Å². The van der Waals surface area contributed by atoms with Gasteiger partial charge >= 0.3 is 5.69 Å². The van der Waals surface area contributed by atoms with Gasteiger partial charge in [0.05, 0.1) is 45.2 Å². The first-order chi connectivity index (χ1) is 8.41. The molecule has 0 aliphatic carbocycles. The van der Waals surface area contributed by atoms with Crippen LogP contribution in [-0.2, 0) is 0 Å². The van der Waals surface area contributed by atoms with Gasteiger partial charge in [-0.1, -0.05) is 11.6 Å². The standard InChI is InChI=1S/C10H15ClN5O2/c1-16(2)5-3-14(4-6-16)10-8(15(17)18)9(11)12-7-13-10/h7H,3-6H2,1-2H3/q+1. The summed E-state index contributed by atoms with van der Waals surface area (Å²) in [6, 6.07) is 0. The van der Waals surface area contributed by atoms with Crippen LogP contribution >= 0.6 is 11.6 Å². The van der Waals surface area contributed by atoms with Gasteiger partial charge in [-0.3, -0.25) is 10.1 Å². The minimum atomic E-state index is -0.522. The molecule has 0 bridgehead atoms. The molecule has 0 N–H and O–H groups in total. The number of quaternary nitrogens is 1. The number of halogens is 1. The fraction of sp³-hybridized carbons (Fsp3) is 0.600. The SMILES string of the molecule is C[N+]1(C)CCN(c2ncnc(Cl)c2[N+](=O)[O-])CC1. The largest absolute Gasteiger partial charge is 0.348 e. The number of aromatic nitrogens is 2. The predicted molar refractivity (Wildman–Crippen MR) is 67.8 cm³/mol. The van der Waals surface area contributed by atoms with Gasteiger partial charge in [0, 0.05) is 0 Å². The zero-order chi connectivity index (χ0) is 13.3. The van der Waals surface area contributed by atoms with Crippen molar-refractivity contribution in [1.29, 1.82) is 0 Å². The predicted octanol–water partition coefficient (Wildman–Crippen LogP) is 0.935. The monoisotopic (exact) mass is 272 g/mol. The van der Waals surface area contributed by atoms with Gasteiger partial charge in [0.15, 0.2) is 0 Å². The van der Waals surface area contributed by atoms with Crippen LogP contribution in [0.2, 0.25) is 5.15 Å². The van der Waals surface area contributed by atoms with E-state index in [-0.39, 0.29) is 10.8 Å². The van der Waals surface area contributed by atoms with Crippen LogP contribution in [0.15, 0.2) is 6.33 Å².